The fraction of sp³-hybridized carbons (Fsp3) is 0.462. The molecule has 0 N–H and O–H groups in total. The molecule has 7 heteroatoms. The van der Waals surface area contributed by atoms with Gasteiger partial charge in [-0.3, -0.25) is 9.69 Å². The zero-order valence-corrected chi connectivity index (χ0v) is 20.6. The number of hydrogen-bond acceptors (Lipinski definition) is 6. The second-order valence-electron chi connectivity index (χ2n) is 8.91. The van der Waals surface area contributed by atoms with Crippen LogP contribution in [0.25, 0.3) is 10.2 Å². The van der Waals surface area contributed by atoms with Gasteiger partial charge in [-0.1, -0.05) is 36.0 Å². The molecule has 0 bridgehead atoms. The zero-order valence-electron chi connectivity index (χ0n) is 18.9. The van der Waals surface area contributed by atoms with Gasteiger partial charge in [-0.15, -0.1) is 11.3 Å². The van der Waals surface area contributed by atoms with E-state index < -0.39 is 0 Å². The minimum Gasteiger partial charge on any atom is -0.379 e. The van der Waals surface area contributed by atoms with Crippen LogP contribution in [0.4, 0.5) is 0 Å². The third-order valence-corrected chi connectivity index (χ3v) is 8.95. The Balaban J connectivity index is 1.08. The van der Waals surface area contributed by atoms with Crippen LogP contribution in [0.15, 0.2) is 52.9 Å². The Morgan fingerprint density at radius 2 is 1.79 bits per heavy atom. The Kier molecular flexibility index (Phi) is 7.61. The largest absolute Gasteiger partial charge is 0.379 e. The first-order valence-electron chi connectivity index (χ1n) is 11.9. The lowest BCUT2D eigenvalue weighted by atomic mass is 9.93. The maximum atomic E-state index is 13.0. The molecular formula is C26H31N3O2S2. The molecule has 5 nitrogen and oxygen atoms in total. The van der Waals surface area contributed by atoms with Crippen molar-refractivity contribution in [3.63, 3.8) is 0 Å². The van der Waals surface area contributed by atoms with Crippen LogP contribution in [-0.4, -0.2) is 66.6 Å². The van der Waals surface area contributed by atoms with Crippen molar-refractivity contribution in [1.29, 1.82) is 0 Å². The summed E-state index contributed by atoms with van der Waals surface area (Å²) in [5, 5.41) is 0. The van der Waals surface area contributed by atoms with Crippen molar-refractivity contribution in [3.05, 3.63) is 59.7 Å². The Hall–Kier alpha value is -1.93. The molecule has 3 heterocycles. The van der Waals surface area contributed by atoms with Crippen LogP contribution in [0.2, 0.25) is 0 Å². The van der Waals surface area contributed by atoms with Crippen molar-refractivity contribution in [2.75, 3.05) is 45.9 Å². The number of thiazole rings is 1. The molecule has 0 spiro atoms. The standard InChI is InChI=1S/C26H31N3O2S2/c30-25(29-13-10-20(11-14-29)9-12-28-15-17-31-18-16-28)22-7-5-21(6-8-22)19-32-26-27-23-3-1-2-4-24(23)33-26/h1-8,20H,9-19H2. The first kappa shape index (κ1) is 22.8. The molecule has 5 rings (SSSR count). The highest BCUT2D eigenvalue weighted by molar-refractivity contribution is 8.00. The van der Waals surface area contributed by atoms with E-state index in [1.807, 2.05) is 23.1 Å². The van der Waals surface area contributed by atoms with Gasteiger partial charge in [0.15, 0.2) is 4.34 Å². The van der Waals surface area contributed by atoms with Crippen LogP contribution in [0.5, 0.6) is 0 Å². The van der Waals surface area contributed by atoms with Crippen LogP contribution in [0, 0.1) is 5.92 Å². The van der Waals surface area contributed by atoms with E-state index in [2.05, 4.69) is 35.2 Å². The van der Waals surface area contributed by atoms with Gasteiger partial charge in [0.2, 0.25) is 0 Å². The number of ether oxygens (including phenoxy) is 1. The Bertz CT molecular complexity index is 1020. The minimum atomic E-state index is 0.173. The van der Waals surface area contributed by atoms with Crippen molar-refractivity contribution in [3.8, 4) is 0 Å². The number of carbonyl (C=O) groups is 1. The van der Waals surface area contributed by atoms with E-state index in [4.69, 9.17) is 9.72 Å². The molecule has 2 saturated heterocycles. The summed E-state index contributed by atoms with van der Waals surface area (Å²) in [6.45, 7) is 6.78. The lowest BCUT2D eigenvalue weighted by Crippen LogP contribution is -2.40. The topological polar surface area (TPSA) is 45.7 Å². The average molecular weight is 482 g/mol. The van der Waals surface area contributed by atoms with Crippen molar-refractivity contribution in [2.24, 2.45) is 5.92 Å². The van der Waals surface area contributed by atoms with E-state index in [-0.39, 0.29) is 5.91 Å². The van der Waals surface area contributed by atoms with Gasteiger partial charge in [0, 0.05) is 37.5 Å². The van der Waals surface area contributed by atoms with Crippen LogP contribution < -0.4 is 0 Å². The first-order valence-corrected chi connectivity index (χ1v) is 13.7. The van der Waals surface area contributed by atoms with Gasteiger partial charge in [0.25, 0.3) is 5.91 Å². The number of aromatic nitrogens is 1. The van der Waals surface area contributed by atoms with Gasteiger partial charge in [-0.25, -0.2) is 4.98 Å². The van der Waals surface area contributed by atoms with Crippen molar-refractivity contribution < 1.29 is 9.53 Å². The normalized spacial score (nSPS) is 18.1. The molecule has 0 aliphatic carbocycles. The Morgan fingerprint density at radius 1 is 1.03 bits per heavy atom. The lowest BCUT2D eigenvalue weighted by Gasteiger charge is -2.34. The number of piperidine rings is 1. The molecule has 2 fully saturated rings. The number of fused-ring (bicyclic) bond motifs is 1. The molecule has 174 valence electrons. The van der Waals surface area contributed by atoms with Crippen molar-refractivity contribution in [1.82, 2.24) is 14.8 Å². The average Bonchev–Trinajstić information content (AvgIpc) is 3.30. The Morgan fingerprint density at radius 3 is 2.55 bits per heavy atom. The van der Waals surface area contributed by atoms with E-state index in [0.29, 0.717) is 0 Å². The quantitative estimate of drug-likeness (QED) is 0.436. The number of para-hydroxylation sites is 1. The van der Waals surface area contributed by atoms with Gasteiger partial charge < -0.3 is 9.64 Å². The molecule has 0 unspecified atom stereocenters. The molecule has 2 aliphatic heterocycles. The minimum absolute atomic E-state index is 0.173. The number of nitrogens with zero attached hydrogens (tertiary/aromatic N) is 3. The van der Waals surface area contributed by atoms with Gasteiger partial charge in [0.1, 0.15) is 0 Å². The fourth-order valence-electron chi connectivity index (χ4n) is 4.60. The molecule has 0 atom stereocenters. The van der Waals surface area contributed by atoms with Gasteiger partial charge >= 0.3 is 0 Å². The van der Waals surface area contributed by atoms with E-state index >= 15 is 0 Å². The molecule has 33 heavy (non-hydrogen) atoms. The third kappa shape index (κ3) is 5.96. The van der Waals surface area contributed by atoms with E-state index in [9.17, 15) is 4.79 Å². The maximum Gasteiger partial charge on any atom is 0.253 e. The summed E-state index contributed by atoms with van der Waals surface area (Å²) in [5.41, 5.74) is 3.09. The summed E-state index contributed by atoms with van der Waals surface area (Å²) in [5.74, 6) is 1.77. The monoisotopic (exact) mass is 481 g/mol. The molecule has 2 aliphatic rings. The molecule has 2 aromatic carbocycles. The fourth-order valence-corrected chi connectivity index (χ4v) is 6.62. The van der Waals surface area contributed by atoms with Gasteiger partial charge in [-0.2, -0.15) is 0 Å². The molecule has 0 radical (unpaired) electrons. The third-order valence-electron chi connectivity index (χ3n) is 6.70. The lowest BCUT2D eigenvalue weighted by molar-refractivity contribution is 0.0332. The summed E-state index contributed by atoms with van der Waals surface area (Å²) < 4.78 is 7.76. The zero-order chi connectivity index (χ0) is 22.5. The van der Waals surface area contributed by atoms with E-state index in [0.717, 1.165) is 79.3 Å². The highest BCUT2D eigenvalue weighted by atomic mass is 32.2. The molecule has 1 amide bonds. The number of amides is 1. The van der Waals surface area contributed by atoms with E-state index in [1.54, 1.807) is 23.1 Å². The summed E-state index contributed by atoms with van der Waals surface area (Å²) in [4.78, 5) is 22.2. The summed E-state index contributed by atoms with van der Waals surface area (Å²) >= 11 is 3.50. The predicted molar refractivity (Wildman–Crippen MR) is 136 cm³/mol. The second kappa shape index (κ2) is 11.0. The molecular weight excluding hydrogens is 450 g/mol. The number of carbonyl (C=O) groups excluding carboxylic acids is 1. The molecule has 0 saturated carbocycles. The first-order chi connectivity index (χ1) is 16.2. The second-order valence-corrected chi connectivity index (χ2v) is 11.2. The smallest absolute Gasteiger partial charge is 0.253 e. The Labute approximate surface area is 204 Å². The van der Waals surface area contributed by atoms with Crippen LogP contribution in [0.3, 0.4) is 0 Å². The van der Waals surface area contributed by atoms with Crippen LogP contribution in [-0.2, 0) is 10.5 Å². The number of benzene rings is 2. The number of rotatable bonds is 7. The predicted octanol–water partition coefficient (Wildman–Crippen LogP) is 5.16. The molecule has 3 aromatic rings. The number of likely N-dealkylation sites (tertiary alicyclic amines) is 1. The molecule has 1 aromatic heterocycles. The summed E-state index contributed by atoms with van der Waals surface area (Å²) in [6, 6.07) is 16.4. The van der Waals surface area contributed by atoms with Gasteiger partial charge in [-0.05, 0) is 61.6 Å². The highest BCUT2D eigenvalue weighted by Crippen LogP contribution is 2.31. The summed E-state index contributed by atoms with van der Waals surface area (Å²) in [7, 11) is 0. The number of hydrogen-bond donors (Lipinski definition) is 0. The SMILES string of the molecule is O=C(c1ccc(CSc2nc3ccccc3s2)cc1)N1CCC(CCN2CCOCC2)CC1. The summed E-state index contributed by atoms with van der Waals surface area (Å²) in [6.07, 6.45) is 3.48. The van der Waals surface area contributed by atoms with Gasteiger partial charge in [0.05, 0.1) is 23.4 Å². The van der Waals surface area contributed by atoms with Crippen molar-refractivity contribution in [2.45, 2.75) is 29.4 Å². The maximum absolute atomic E-state index is 13.0. The van der Waals surface area contributed by atoms with E-state index in [1.165, 1.54) is 23.2 Å². The van der Waals surface area contributed by atoms with Crippen LogP contribution >= 0.6 is 23.1 Å². The van der Waals surface area contributed by atoms with Crippen molar-refractivity contribution >= 4 is 39.2 Å². The van der Waals surface area contributed by atoms with Crippen LogP contribution in [0.1, 0.15) is 35.2 Å². The number of morpholine rings is 1. The number of thioether (sulfide) groups is 1. The highest BCUT2D eigenvalue weighted by Gasteiger charge is 2.24.